The molecule has 4 aromatic rings. The molecule has 1 aliphatic heterocycles. The highest BCUT2D eigenvalue weighted by atomic mass is 32.2. The van der Waals surface area contributed by atoms with Crippen LogP contribution in [0.1, 0.15) is 16.7 Å². The number of anilines is 1. The molecule has 10 heteroatoms. The van der Waals surface area contributed by atoms with Crippen LogP contribution in [0, 0.1) is 12.7 Å². The topological polar surface area (TPSA) is 96.0 Å². The number of ether oxygens (including phenoxy) is 1. The SMILES string of the molecule is Cc1ccc(S(=O)(=O)N(CC(=O)N2C[C@@H](C(=O)NCc3ccccc3)Oc3ccccc32)Cc2ccccc2F)cc1. The van der Waals surface area contributed by atoms with Crippen LogP contribution in [0.5, 0.6) is 5.75 Å². The molecular formula is C32H30FN3O5S. The van der Waals surface area contributed by atoms with Crippen molar-refractivity contribution in [2.75, 3.05) is 18.0 Å². The standard InChI is InChI=1S/C32H30FN3O5S/c1-23-15-17-26(18-16-23)42(39,40)35(20-25-11-5-6-12-27(25)33)22-31(37)36-21-30(41-29-14-8-7-13-28(29)36)32(38)34-19-24-9-3-2-4-10-24/h2-18,30H,19-22H2,1H3,(H,34,38)/t30-/m0/s1. The summed E-state index contributed by atoms with van der Waals surface area (Å²) in [6, 6.07) is 28.2. The molecule has 0 bridgehead atoms. The van der Waals surface area contributed by atoms with E-state index in [1.54, 1.807) is 42.5 Å². The monoisotopic (exact) mass is 587 g/mol. The molecule has 0 fully saturated rings. The molecule has 216 valence electrons. The van der Waals surface area contributed by atoms with Crippen molar-refractivity contribution in [1.82, 2.24) is 9.62 Å². The number of sulfonamides is 1. The fourth-order valence-electron chi connectivity index (χ4n) is 4.64. The van der Waals surface area contributed by atoms with Gasteiger partial charge in [-0.2, -0.15) is 4.31 Å². The summed E-state index contributed by atoms with van der Waals surface area (Å²) in [6.45, 7) is 1.03. The van der Waals surface area contributed by atoms with Gasteiger partial charge in [-0.05, 0) is 42.8 Å². The van der Waals surface area contributed by atoms with Gasteiger partial charge in [0.2, 0.25) is 15.9 Å². The van der Waals surface area contributed by atoms with Crippen molar-refractivity contribution < 1.29 is 27.1 Å². The lowest BCUT2D eigenvalue weighted by molar-refractivity contribution is -0.128. The van der Waals surface area contributed by atoms with Gasteiger partial charge in [0.25, 0.3) is 5.91 Å². The van der Waals surface area contributed by atoms with Crippen LogP contribution in [0.4, 0.5) is 10.1 Å². The van der Waals surface area contributed by atoms with Gasteiger partial charge in [-0.25, -0.2) is 12.8 Å². The van der Waals surface area contributed by atoms with Crippen molar-refractivity contribution in [2.45, 2.75) is 31.0 Å². The molecule has 4 aromatic carbocycles. The lowest BCUT2D eigenvalue weighted by atomic mass is 10.1. The van der Waals surface area contributed by atoms with Crippen molar-refractivity contribution in [1.29, 1.82) is 0 Å². The van der Waals surface area contributed by atoms with Crippen LogP contribution in [-0.4, -0.2) is 43.7 Å². The van der Waals surface area contributed by atoms with E-state index in [4.69, 9.17) is 4.74 Å². The summed E-state index contributed by atoms with van der Waals surface area (Å²) >= 11 is 0. The molecule has 0 spiro atoms. The van der Waals surface area contributed by atoms with Crippen LogP contribution in [0.15, 0.2) is 108 Å². The number of nitrogens with one attached hydrogen (secondary N) is 1. The molecule has 42 heavy (non-hydrogen) atoms. The Hall–Kier alpha value is -4.54. The number of nitrogens with zero attached hydrogens (tertiary/aromatic N) is 2. The molecule has 1 atom stereocenters. The average Bonchev–Trinajstić information content (AvgIpc) is 3.00. The maximum Gasteiger partial charge on any atom is 0.263 e. The Morgan fingerprint density at radius 3 is 2.33 bits per heavy atom. The van der Waals surface area contributed by atoms with E-state index in [0.717, 1.165) is 15.4 Å². The van der Waals surface area contributed by atoms with Crippen LogP contribution in [0.3, 0.4) is 0 Å². The number of benzene rings is 4. The third-order valence-corrected chi connectivity index (χ3v) is 8.76. The highest BCUT2D eigenvalue weighted by Crippen LogP contribution is 2.34. The maximum atomic E-state index is 14.6. The minimum atomic E-state index is -4.20. The van der Waals surface area contributed by atoms with Gasteiger partial charge in [-0.15, -0.1) is 0 Å². The third-order valence-electron chi connectivity index (χ3n) is 6.95. The Labute approximate surface area is 244 Å². The first-order chi connectivity index (χ1) is 20.2. The number of amides is 2. The highest BCUT2D eigenvalue weighted by Gasteiger charge is 2.36. The molecule has 2 amide bonds. The minimum absolute atomic E-state index is 0.0159. The number of rotatable bonds is 9. The zero-order valence-corrected chi connectivity index (χ0v) is 23.8. The molecular weight excluding hydrogens is 557 g/mol. The summed E-state index contributed by atoms with van der Waals surface area (Å²) < 4.78 is 49.1. The van der Waals surface area contributed by atoms with Crippen molar-refractivity contribution >= 4 is 27.5 Å². The zero-order valence-electron chi connectivity index (χ0n) is 22.9. The summed E-state index contributed by atoms with van der Waals surface area (Å²) in [7, 11) is -4.20. The predicted molar refractivity (Wildman–Crippen MR) is 157 cm³/mol. The smallest absolute Gasteiger partial charge is 0.263 e. The number of carbonyl (C=O) groups is 2. The summed E-state index contributed by atoms with van der Waals surface area (Å²) in [4.78, 5) is 28.3. The Bertz CT molecular complexity index is 1680. The van der Waals surface area contributed by atoms with Crippen molar-refractivity contribution in [3.63, 3.8) is 0 Å². The van der Waals surface area contributed by atoms with E-state index in [1.807, 2.05) is 37.3 Å². The fourth-order valence-corrected chi connectivity index (χ4v) is 6.01. The third kappa shape index (κ3) is 6.50. The number of carbonyl (C=O) groups excluding carboxylic acids is 2. The first kappa shape index (κ1) is 29.0. The molecule has 0 aliphatic carbocycles. The predicted octanol–water partition coefficient (Wildman–Crippen LogP) is 4.44. The second-order valence-corrected chi connectivity index (χ2v) is 11.9. The molecule has 5 rings (SSSR count). The molecule has 0 unspecified atom stereocenters. The number of hydrogen-bond donors (Lipinski definition) is 1. The summed E-state index contributed by atoms with van der Waals surface area (Å²) in [5.74, 6) is -1.26. The van der Waals surface area contributed by atoms with Gasteiger partial charge in [0.1, 0.15) is 11.6 Å². The molecule has 0 saturated heterocycles. The second kappa shape index (κ2) is 12.5. The van der Waals surface area contributed by atoms with Crippen molar-refractivity contribution in [2.24, 2.45) is 0 Å². The number of para-hydroxylation sites is 2. The Kier molecular flexibility index (Phi) is 8.65. The van der Waals surface area contributed by atoms with Gasteiger partial charge in [0.15, 0.2) is 6.10 Å². The number of hydrogen-bond acceptors (Lipinski definition) is 5. The van der Waals surface area contributed by atoms with Crippen molar-refractivity contribution in [3.8, 4) is 5.75 Å². The van der Waals surface area contributed by atoms with Gasteiger partial charge >= 0.3 is 0 Å². The molecule has 0 aromatic heterocycles. The molecule has 1 heterocycles. The van der Waals surface area contributed by atoms with Crippen molar-refractivity contribution in [3.05, 3.63) is 126 Å². The normalized spacial score (nSPS) is 14.6. The number of aryl methyl sites for hydroxylation is 1. The summed E-state index contributed by atoms with van der Waals surface area (Å²) in [6.07, 6.45) is -1.03. The van der Waals surface area contributed by atoms with E-state index < -0.39 is 40.3 Å². The first-order valence-corrected chi connectivity index (χ1v) is 14.8. The molecule has 0 radical (unpaired) electrons. The van der Waals surface area contributed by atoms with Gasteiger partial charge in [-0.1, -0.05) is 78.4 Å². The summed E-state index contributed by atoms with van der Waals surface area (Å²) in [5, 5.41) is 2.84. The van der Waals surface area contributed by atoms with E-state index in [1.165, 1.54) is 35.2 Å². The first-order valence-electron chi connectivity index (χ1n) is 13.4. The molecule has 1 aliphatic rings. The van der Waals surface area contributed by atoms with E-state index in [0.29, 0.717) is 11.4 Å². The lowest BCUT2D eigenvalue weighted by Crippen LogP contribution is -2.52. The Morgan fingerprint density at radius 2 is 1.60 bits per heavy atom. The summed E-state index contributed by atoms with van der Waals surface area (Å²) in [5.41, 5.74) is 2.31. The van der Waals surface area contributed by atoms with Crippen LogP contribution in [0.2, 0.25) is 0 Å². The molecule has 0 saturated carbocycles. The van der Waals surface area contributed by atoms with Gasteiger partial charge in [0.05, 0.1) is 23.7 Å². The van der Waals surface area contributed by atoms with Gasteiger partial charge < -0.3 is 15.0 Å². The largest absolute Gasteiger partial charge is 0.477 e. The quantitative estimate of drug-likeness (QED) is 0.313. The average molecular weight is 588 g/mol. The second-order valence-electron chi connectivity index (χ2n) is 9.96. The molecule has 1 N–H and O–H groups in total. The number of halogens is 1. The molecule has 8 nitrogen and oxygen atoms in total. The van der Waals surface area contributed by atoms with Gasteiger partial charge in [-0.3, -0.25) is 9.59 Å². The fraction of sp³-hybridized carbons (Fsp3) is 0.188. The number of fused-ring (bicyclic) bond motifs is 1. The van der Waals surface area contributed by atoms with E-state index >= 15 is 0 Å². The van der Waals surface area contributed by atoms with E-state index in [-0.39, 0.29) is 30.1 Å². The van der Waals surface area contributed by atoms with Crippen LogP contribution in [-0.2, 0) is 32.7 Å². The van der Waals surface area contributed by atoms with Crippen LogP contribution >= 0.6 is 0 Å². The minimum Gasteiger partial charge on any atom is -0.477 e. The lowest BCUT2D eigenvalue weighted by Gasteiger charge is -2.35. The zero-order chi connectivity index (χ0) is 29.7. The highest BCUT2D eigenvalue weighted by molar-refractivity contribution is 7.89. The Morgan fingerprint density at radius 1 is 0.929 bits per heavy atom. The van der Waals surface area contributed by atoms with Crippen LogP contribution < -0.4 is 15.0 Å². The maximum absolute atomic E-state index is 14.6. The Balaban J connectivity index is 1.41. The van der Waals surface area contributed by atoms with E-state index in [2.05, 4.69) is 5.32 Å². The van der Waals surface area contributed by atoms with Gasteiger partial charge in [0, 0.05) is 18.7 Å². The van der Waals surface area contributed by atoms with E-state index in [9.17, 15) is 22.4 Å². The van der Waals surface area contributed by atoms with Crippen LogP contribution in [0.25, 0.3) is 0 Å².